The molecule has 4 heteroatoms. The van der Waals surface area contributed by atoms with E-state index in [1.165, 1.54) is 47.2 Å². The van der Waals surface area contributed by atoms with Crippen molar-refractivity contribution in [3.8, 4) is 5.69 Å². The van der Waals surface area contributed by atoms with Gasteiger partial charge in [0.2, 0.25) is 0 Å². The van der Waals surface area contributed by atoms with Crippen molar-refractivity contribution in [2.24, 2.45) is 0 Å². The lowest BCUT2D eigenvalue weighted by Crippen LogP contribution is -2.12. The van der Waals surface area contributed by atoms with Crippen LogP contribution in [0.4, 0.5) is 17.1 Å². The first kappa shape index (κ1) is 27.6. The smallest absolute Gasteiger partial charge is 0.137 e. The first-order valence-corrected chi connectivity index (χ1v) is 17.8. The number of para-hydroxylation sites is 4. The fourth-order valence-corrected chi connectivity index (χ4v) is 9.31. The second-order valence-electron chi connectivity index (χ2n) is 12.9. The van der Waals surface area contributed by atoms with Crippen molar-refractivity contribution in [3.05, 3.63) is 170 Å². The molecule has 0 atom stereocenters. The van der Waals surface area contributed by atoms with Crippen molar-refractivity contribution in [1.82, 2.24) is 4.57 Å². The van der Waals surface area contributed by atoms with Gasteiger partial charge in [0.05, 0.1) is 38.2 Å². The highest BCUT2D eigenvalue weighted by Crippen LogP contribution is 2.51. The molecule has 0 unspecified atom stereocenters. The highest BCUT2D eigenvalue weighted by atomic mass is 32.1. The van der Waals surface area contributed by atoms with Crippen LogP contribution in [0.2, 0.25) is 0 Å². The van der Waals surface area contributed by atoms with Gasteiger partial charge in [-0.3, -0.25) is 0 Å². The van der Waals surface area contributed by atoms with E-state index in [1.54, 1.807) is 0 Å². The molecule has 0 aliphatic carbocycles. The Labute approximate surface area is 291 Å². The van der Waals surface area contributed by atoms with Crippen LogP contribution in [-0.4, -0.2) is 4.57 Å². The monoisotopic (exact) mass is 656 g/mol. The molecule has 234 valence electrons. The number of nitrogens with zero attached hydrogens (tertiary/aromatic N) is 2. The third kappa shape index (κ3) is 3.85. The van der Waals surface area contributed by atoms with Crippen LogP contribution in [-0.2, 0) is 0 Å². The van der Waals surface area contributed by atoms with E-state index < -0.39 is 0 Å². The Morgan fingerprint density at radius 1 is 0.440 bits per heavy atom. The molecule has 0 N–H and O–H groups in total. The fraction of sp³-hybridized carbons (Fsp3) is 0. The molecule has 3 nitrogen and oxygen atoms in total. The van der Waals surface area contributed by atoms with Gasteiger partial charge in [-0.25, -0.2) is 0 Å². The minimum absolute atomic E-state index is 0.874. The second kappa shape index (κ2) is 10.6. The number of fused-ring (bicyclic) bond motifs is 11. The topological polar surface area (TPSA) is 21.3 Å². The Kier molecular flexibility index (Phi) is 5.83. The standard InChI is InChI=1S/C46H28N2OS/c1-2-14-30(15-3-1)47-36-21-8-6-17-32(36)33-19-10-23-38(45(33)47)48(37-22-12-26-41-44(37)34-18-7-9-25-40(34)49-41)39-24-11-20-35-43-31-16-5-4-13-29(31)27-28-42(43)50-46(35)39/h1-28H. The first-order valence-electron chi connectivity index (χ1n) is 16.9. The summed E-state index contributed by atoms with van der Waals surface area (Å²) < 4.78 is 11.5. The van der Waals surface area contributed by atoms with Gasteiger partial charge in [-0.1, -0.05) is 115 Å². The maximum Gasteiger partial charge on any atom is 0.137 e. The van der Waals surface area contributed by atoms with E-state index in [2.05, 4.69) is 173 Å². The van der Waals surface area contributed by atoms with E-state index in [-0.39, 0.29) is 0 Å². The lowest BCUT2D eigenvalue weighted by molar-refractivity contribution is 0.669. The maximum absolute atomic E-state index is 6.50. The van der Waals surface area contributed by atoms with Crippen molar-refractivity contribution in [1.29, 1.82) is 0 Å². The van der Waals surface area contributed by atoms with Crippen LogP contribution in [0.15, 0.2) is 174 Å². The Morgan fingerprint density at radius 2 is 1.10 bits per heavy atom. The van der Waals surface area contributed by atoms with Crippen molar-refractivity contribution in [2.75, 3.05) is 4.90 Å². The summed E-state index contributed by atoms with van der Waals surface area (Å²) in [5.41, 5.74) is 8.56. The van der Waals surface area contributed by atoms with Crippen LogP contribution >= 0.6 is 11.3 Å². The second-order valence-corrected chi connectivity index (χ2v) is 13.9. The van der Waals surface area contributed by atoms with Gasteiger partial charge in [-0.15, -0.1) is 11.3 Å². The zero-order valence-corrected chi connectivity index (χ0v) is 27.7. The van der Waals surface area contributed by atoms with E-state index in [1.807, 2.05) is 17.4 Å². The lowest BCUT2D eigenvalue weighted by atomic mass is 10.0. The third-order valence-electron chi connectivity index (χ3n) is 10.2. The number of rotatable bonds is 4. The van der Waals surface area contributed by atoms with Gasteiger partial charge in [0.25, 0.3) is 0 Å². The molecule has 0 spiro atoms. The van der Waals surface area contributed by atoms with Gasteiger partial charge >= 0.3 is 0 Å². The van der Waals surface area contributed by atoms with E-state index in [0.717, 1.165) is 50.2 Å². The minimum Gasteiger partial charge on any atom is -0.456 e. The number of aromatic nitrogens is 1. The van der Waals surface area contributed by atoms with Gasteiger partial charge in [-0.2, -0.15) is 0 Å². The largest absolute Gasteiger partial charge is 0.456 e. The van der Waals surface area contributed by atoms with E-state index in [4.69, 9.17) is 4.42 Å². The summed E-state index contributed by atoms with van der Waals surface area (Å²) in [6.45, 7) is 0. The van der Waals surface area contributed by atoms with E-state index in [9.17, 15) is 0 Å². The molecular formula is C46H28N2OS. The van der Waals surface area contributed by atoms with Gasteiger partial charge in [0, 0.05) is 37.3 Å². The van der Waals surface area contributed by atoms with Gasteiger partial charge in [0.1, 0.15) is 11.2 Å². The van der Waals surface area contributed by atoms with E-state index in [0.29, 0.717) is 0 Å². The number of anilines is 3. The summed E-state index contributed by atoms with van der Waals surface area (Å²) >= 11 is 1.87. The number of hydrogen-bond donors (Lipinski definition) is 0. The first-order chi connectivity index (χ1) is 24.8. The highest BCUT2D eigenvalue weighted by Gasteiger charge is 2.26. The van der Waals surface area contributed by atoms with Crippen LogP contribution in [0.25, 0.3) is 80.4 Å². The van der Waals surface area contributed by atoms with Crippen LogP contribution < -0.4 is 4.90 Å². The molecule has 0 bridgehead atoms. The molecule has 50 heavy (non-hydrogen) atoms. The summed E-state index contributed by atoms with van der Waals surface area (Å²) in [4.78, 5) is 2.49. The van der Waals surface area contributed by atoms with Crippen molar-refractivity contribution < 1.29 is 4.42 Å². The third-order valence-corrected chi connectivity index (χ3v) is 11.4. The molecule has 11 aromatic rings. The molecule has 0 saturated carbocycles. The van der Waals surface area contributed by atoms with E-state index >= 15 is 0 Å². The zero-order valence-electron chi connectivity index (χ0n) is 26.9. The van der Waals surface area contributed by atoms with Gasteiger partial charge in [0.15, 0.2) is 0 Å². The highest BCUT2D eigenvalue weighted by molar-refractivity contribution is 7.26. The van der Waals surface area contributed by atoms with Crippen LogP contribution in [0, 0.1) is 0 Å². The molecule has 11 rings (SSSR count). The summed E-state index contributed by atoms with van der Waals surface area (Å²) in [6.07, 6.45) is 0. The molecular weight excluding hydrogens is 629 g/mol. The minimum atomic E-state index is 0.874. The van der Waals surface area contributed by atoms with Crippen LogP contribution in [0.3, 0.4) is 0 Å². The van der Waals surface area contributed by atoms with Crippen LogP contribution in [0.1, 0.15) is 0 Å². The van der Waals surface area contributed by atoms with Crippen molar-refractivity contribution in [3.63, 3.8) is 0 Å². The number of benzene rings is 8. The van der Waals surface area contributed by atoms with Crippen molar-refractivity contribution in [2.45, 2.75) is 0 Å². The molecule has 0 saturated heterocycles. The average Bonchev–Trinajstić information content (AvgIpc) is 3.86. The summed E-state index contributed by atoms with van der Waals surface area (Å²) in [7, 11) is 0. The summed E-state index contributed by atoms with van der Waals surface area (Å²) in [5, 5.41) is 9.78. The SMILES string of the molecule is c1ccc(-n2c3ccccc3c3cccc(N(c4cccc5c4sc4ccc6ccccc6c45)c4cccc5oc6ccccc6c45)c32)cc1. The summed E-state index contributed by atoms with van der Waals surface area (Å²) in [5.74, 6) is 0. The Bertz CT molecular complexity index is 3110. The molecule has 0 radical (unpaired) electrons. The van der Waals surface area contributed by atoms with Crippen LogP contribution in [0.5, 0.6) is 0 Å². The lowest BCUT2D eigenvalue weighted by Gasteiger charge is -2.28. The number of hydrogen-bond acceptors (Lipinski definition) is 3. The predicted octanol–water partition coefficient (Wildman–Crippen LogP) is 13.7. The quantitative estimate of drug-likeness (QED) is 0.188. The Hall–Kier alpha value is -6.36. The van der Waals surface area contributed by atoms with Gasteiger partial charge in [-0.05, 0) is 65.4 Å². The Morgan fingerprint density at radius 3 is 2.00 bits per heavy atom. The molecule has 3 aromatic heterocycles. The molecule has 0 aliphatic heterocycles. The van der Waals surface area contributed by atoms with Gasteiger partial charge < -0.3 is 13.9 Å². The zero-order chi connectivity index (χ0) is 32.8. The maximum atomic E-state index is 6.50. The average molecular weight is 657 g/mol. The van der Waals surface area contributed by atoms with Crippen molar-refractivity contribution >= 4 is 103 Å². The Balaban J connectivity index is 1.32. The normalized spacial score (nSPS) is 12.0. The number of thiophene rings is 1. The molecule has 0 aliphatic rings. The molecule has 3 heterocycles. The predicted molar refractivity (Wildman–Crippen MR) is 213 cm³/mol. The summed E-state index contributed by atoms with van der Waals surface area (Å²) in [6, 6.07) is 61.2. The molecule has 0 amide bonds. The molecule has 0 fully saturated rings. The fourth-order valence-electron chi connectivity index (χ4n) is 8.09. The molecule has 8 aromatic carbocycles. The number of furan rings is 1.